The van der Waals surface area contributed by atoms with Crippen molar-refractivity contribution in [2.24, 2.45) is 0 Å². The maximum absolute atomic E-state index is 13.1. The van der Waals surface area contributed by atoms with Gasteiger partial charge in [-0.15, -0.1) is 11.3 Å². The van der Waals surface area contributed by atoms with E-state index >= 15 is 0 Å². The van der Waals surface area contributed by atoms with E-state index in [0.717, 1.165) is 16.9 Å². The predicted molar refractivity (Wildman–Crippen MR) is 99.9 cm³/mol. The van der Waals surface area contributed by atoms with Crippen molar-refractivity contribution in [1.82, 2.24) is 9.62 Å². The quantitative estimate of drug-likeness (QED) is 0.796. The molecular formula is C18H19N3O3S2. The van der Waals surface area contributed by atoms with Crippen molar-refractivity contribution in [2.45, 2.75) is 30.2 Å². The number of rotatable bonds is 5. The minimum atomic E-state index is -3.77. The summed E-state index contributed by atoms with van der Waals surface area (Å²) in [5.74, 6) is -0.412. The third-order valence-electron chi connectivity index (χ3n) is 4.36. The number of carbonyl (C=O) groups is 1. The van der Waals surface area contributed by atoms with Crippen LogP contribution in [0.25, 0.3) is 10.4 Å². The van der Waals surface area contributed by atoms with Crippen molar-refractivity contribution in [1.29, 1.82) is 5.26 Å². The van der Waals surface area contributed by atoms with E-state index in [0.29, 0.717) is 19.4 Å². The molecule has 2 aromatic rings. The molecule has 0 spiro atoms. The molecule has 3 rings (SSSR count). The van der Waals surface area contributed by atoms with Gasteiger partial charge in [-0.2, -0.15) is 9.57 Å². The Labute approximate surface area is 157 Å². The fourth-order valence-corrected chi connectivity index (χ4v) is 5.46. The first-order valence-corrected chi connectivity index (χ1v) is 10.7. The number of nitrogens with zero attached hydrogens (tertiary/aromatic N) is 2. The van der Waals surface area contributed by atoms with Crippen LogP contribution in [0.15, 0.2) is 46.7 Å². The van der Waals surface area contributed by atoms with Gasteiger partial charge in [0.1, 0.15) is 12.6 Å². The van der Waals surface area contributed by atoms with Crippen molar-refractivity contribution in [3.05, 3.63) is 41.8 Å². The smallest absolute Gasteiger partial charge is 0.243 e. The molecule has 2 heterocycles. The van der Waals surface area contributed by atoms with Crippen LogP contribution in [0.3, 0.4) is 0 Å². The zero-order valence-electron chi connectivity index (χ0n) is 14.1. The largest absolute Gasteiger partial charge is 0.342 e. The zero-order chi connectivity index (χ0) is 18.6. The summed E-state index contributed by atoms with van der Waals surface area (Å²) >= 11 is 1.59. The Balaban J connectivity index is 1.85. The summed E-state index contributed by atoms with van der Waals surface area (Å²) in [4.78, 5) is 13.5. The predicted octanol–water partition coefficient (Wildman–Crippen LogP) is 2.60. The molecule has 8 heteroatoms. The number of thiophene rings is 1. The second kappa shape index (κ2) is 7.99. The number of hydrogen-bond acceptors (Lipinski definition) is 5. The molecule has 1 aliphatic heterocycles. The van der Waals surface area contributed by atoms with Crippen molar-refractivity contribution in [2.75, 3.05) is 13.1 Å². The van der Waals surface area contributed by atoms with E-state index in [2.05, 4.69) is 5.32 Å². The lowest BCUT2D eigenvalue weighted by Gasteiger charge is -2.33. The summed E-state index contributed by atoms with van der Waals surface area (Å²) in [5.41, 5.74) is 0.959. The SMILES string of the molecule is N#CCNC(=O)C1CCCCN1S(=O)(=O)c1ccc(-c2cccs2)cc1. The fourth-order valence-electron chi connectivity index (χ4n) is 3.07. The summed E-state index contributed by atoms with van der Waals surface area (Å²) in [6.07, 6.45) is 1.96. The van der Waals surface area contributed by atoms with E-state index in [9.17, 15) is 13.2 Å². The summed E-state index contributed by atoms with van der Waals surface area (Å²) < 4.78 is 27.4. The number of sulfonamides is 1. The van der Waals surface area contributed by atoms with Crippen molar-refractivity contribution in [3.63, 3.8) is 0 Å². The highest BCUT2D eigenvalue weighted by atomic mass is 32.2. The van der Waals surface area contributed by atoms with Gasteiger partial charge in [0.25, 0.3) is 0 Å². The van der Waals surface area contributed by atoms with Crippen LogP contribution in [0.2, 0.25) is 0 Å². The van der Waals surface area contributed by atoms with Crippen molar-refractivity contribution >= 4 is 27.3 Å². The Morgan fingerprint density at radius 1 is 1.27 bits per heavy atom. The van der Waals surface area contributed by atoms with Gasteiger partial charge in [-0.25, -0.2) is 8.42 Å². The van der Waals surface area contributed by atoms with Gasteiger partial charge in [0.15, 0.2) is 0 Å². The lowest BCUT2D eigenvalue weighted by atomic mass is 10.0. The molecular weight excluding hydrogens is 370 g/mol. The van der Waals surface area contributed by atoms with Crippen LogP contribution in [0, 0.1) is 11.3 Å². The van der Waals surface area contributed by atoms with E-state index in [4.69, 9.17) is 5.26 Å². The average Bonchev–Trinajstić information content (AvgIpc) is 3.21. The van der Waals surface area contributed by atoms with Gasteiger partial charge in [-0.3, -0.25) is 4.79 Å². The number of piperidine rings is 1. The molecule has 1 atom stereocenters. The minimum Gasteiger partial charge on any atom is -0.342 e. The minimum absolute atomic E-state index is 0.126. The molecule has 1 amide bonds. The first kappa shape index (κ1) is 18.6. The van der Waals surface area contributed by atoms with E-state index in [1.165, 1.54) is 4.31 Å². The normalized spacial score (nSPS) is 18.2. The number of nitrogens with one attached hydrogen (secondary N) is 1. The first-order chi connectivity index (χ1) is 12.5. The van der Waals surface area contributed by atoms with E-state index in [-0.39, 0.29) is 11.4 Å². The third-order valence-corrected chi connectivity index (χ3v) is 7.21. The van der Waals surface area contributed by atoms with Crippen LogP contribution < -0.4 is 5.32 Å². The van der Waals surface area contributed by atoms with Crippen LogP contribution in [-0.4, -0.2) is 37.8 Å². The van der Waals surface area contributed by atoms with E-state index in [1.54, 1.807) is 35.6 Å². The lowest BCUT2D eigenvalue weighted by Crippen LogP contribution is -2.51. The molecule has 1 unspecified atom stereocenters. The molecule has 1 aromatic heterocycles. The summed E-state index contributed by atoms with van der Waals surface area (Å²) in [6.45, 7) is 0.179. The highest BCUT2D eigenvalue weighted by molar-refractivity contribution is 7.89. The average molecular weight is 390 g/mol. The van der Waals surface area contributed by atoms with Crippen LogP contribution in [-0.2, 0) is 14.8 Å². The Kier molecular flexibility index (Phi) is 5.71. The van der Waals surface area contributed by atoms with Gasteiger partial charge < -0.3 is 5.32 Å². The van der Waals surface area contributed by atoms with Crippen LogP contribution >= 0.6 is 11.3 Å². The Morgan fingerprint density at radius 2 is 2.04 bits per heavy atom. The van der Waals surface area contributed by atoms with Crippen LogP contribution in [0.1, 0.15) is 19.3 Å². The third kappa shape index (κ3) is 3.80. The van der Waals surface area contributed by atoms with Gasteiger partial charge >= 0.3 is 0 Å². The number of amides is 1. The highest BCUT2D eigenvalue weighted by Crippen LogP contribution is 2.29. The van der Waals surface area contributed by atoms with E-state index in [1.807, 2.05) is 23.6 Å². The van der Waals surface area contributed by atoms with Gasteiger partial charge in [-0.1, -0.05) is 24.6 Å². The Morgan fingerprint density at radius 3 is 2.69 bits per heavy atom. The van der Waals surface area contributed by atoms with Crippen molar-refractivity contribution < 1.29 is 13.2 Å². The fraction of sp³-hybridized carbons (Fsp3) is 0.333. The zero-order valence-corrected chi connectivity index (χ0v) is 15.7. The molecule has 1 fully saturated rings. The van der Waals surface area contributed by atoms with Gasteiger partial charge in [-0.05, 0) is 42.0 Å². The number of carbonyl (C=O) groups excluding carboxylic acids is 1. The molecule has 0 bridgehead atoms. The lowest BCUT2D eigenvalue weighted by molar-refractivity contribution is -0.125. The second-order valence-electron chi connectivity index (χ2n) is 6.00. The molecule has 1 N–H and O–H groups in total. The Hall–Kier alpha value is -2.21. The number of hydrogen-bond donors (Lipinski definition) is 1. The molecule has 0 saturated carbocycles. The monoisotopic (exact) mass is 389 g/mol. The molecule has 1 aromatic carbocycles. The summed E-state index contributed by atoms with van der Waals surface area (Å²) in [7, 11) is -3.77. The van der Waals surface area contributed by atoms with E-state index < -0.39 is 22.0 Å². The maximum Gasteiger partial charge on any atom is 0.243 e. The van der Waals surface area contributed by atoms with Gasteiger partial charge in [0, 0.05) is 11.4 Å². The topological polar surface area (TPSA) is 90.3 Å². The van der Waals surface area contributed by atoms with Crippen LogP contribution in [0.4, 0.5) is 0 Å². The molecule has 136 valence electrons. The first-order valence-electron chi connectivity index (χ1n) is 8.34. The van der Waals surface area contributed by atoms with Crippen LogP contribution in [0.5, 0.6) is 0 Å². The highest BCUT2D eigenvalue weighted by Gasteiger charge is 2.37. The molecule has 0 radical (unpaired) electrons. The van der Waals surface area contributed by atoms with Gasteiger partial charge in [0.2, 0.25) is 15.9 Å². The summed E-state index contributed by atoms with van der Waals surface area (Å²) in [6, 6.07) is 11.7. The molecule has 26 heavy (non-hydrogen) atoms. The summed E-state index contributed by atoms with van der Waals surface area (Å²) in [5, 5.41) is 13.1. The standard InChI is InChI=1S/C18H19N3O3S2/c19-10-11-20-18(22)16-4-1-2-12-21(16)26(23,24)15-8-6-14(7-9-15)17-5-3-13-25-17/h3,5-9,13,16H,1-2,4,11-12H2,(H,20,22). The number of nitriles is 1. The number of benzene rings is 1. The van der Waals surface area contributed by atoms with Crippen molar-refractivity contribution in [3.8, 4) is 16.5 Å². The maximum atomic E-state index is 13.1. The second-order valence-corrected chi connectivity index (χ2v) is 8.84. The molecule has 1 aliphatic rings. The Bertz CT molecular complexity index is 900. The molecule has 0 aliphatic carbocycles. The van der Waals surface area contributed by atoms with Gasteiger partial charge in [0.05, 0.1) is 11.0 Å². The molecule has 1 saturated heterocycles. The molecule has 6 nitrogen and oxygen atoms in total.